The van der Waals surface area contributed by atoms with Crippen LogP contribution in [0.15, 0.2) is 11.8 Å². The summed E-state index contributed by atoms with van der Waals surface area (Å²) in [7, 11) is -6.00. The van der Waals surface area contributed by atoms with E-state index in [9.17, 15) is 17.3 Å². The highest BCUT2D eigenvalue weighted by Gasteiger charge is 2.32. The van der Waals surface area contributed by atoms with Crippen molar-refractivity contribution in [2.75, 3.05) is 19.7 Å². The number of hydrogen-bond donors (Lipinski definition) is 0. The zero-order valence-electron chi connectivity index (χ0n) is 13.0. The third-order valence-electron chi connectivity index (χ3n) is 3.48. The van der Waals surface area contributed by atoms with Crippen LogP contribution < -0.4 is 0 Å². The lowest BCUT2D eigenvalue weighted by Crippen LogP contribution is -2.29. The molecule has 1 aliphatic heterocycles. The van der Waals surface area contributed by atoms with E-state index in [2.05, 4.69) is 31.4 Å². The first kappa shape index (κ1) is 18.0. The Morgan fingerprint density at radius 3 is 2.14 bits per heavy atom. The summed E-state index contributed by atoms with van der Waals surface area (Å²) in [6.45, 7) is 10.0. The first-order valence-corrected chi connectivity index (χ1v) is 7.42. The summed E-state index contributed by atoms with van der Waals surface area (Å²) in [5.74, 6) is 1.18. The molecule has 0 bridgehead atoms. The van der Waals surface area contributed by atoms with Crippen LogP contribution in [-0.2, 0) is 4.74 Å². The van der Waals surface area contributed by atoms with Crippen LogP contribution in [0, 0.1) is 5.41 Å². The van der Waals surface area contributed by atoms with Gasteiger partial charge in [-0.05, 0) is 12.3 Å². The smallest absolute Gasteiger partial charge is 0.498 e. The number of ether oxygens (including phenoxy) is 1. The average Bonchev–Trinajstić information content (AvgIpc) is 2.77. The van der Waals surface area contributed by atoms with E-state index in [1.807, 2.05) is 0 Å². The molecule has 0 unspecified atom stereocenters. The largest absolute Gasteiger partial charge is 0.673 e. The Bertz CT molecular complexity index is 402. The minimum absolute atomic E-state index is 0.358. The van der Waals surface area contributed by atoms with E-state index in [1.54, 1.807) is 0 Å². The molecule has 0 atom stereocenters. The van der Waals surface area contributed by atoms with E-state index in [0.29, 0.717) is 5.41 Å². The summed E-state index contributed by atoms with van der Waals surface area (Å²) in [4.78, 5) is 0. The van der Waals surface area contributed by atoms with Crippen molar-refractivity contribution in [1.29, 1.82) is 0 Å². The topological polar surface area (TPSA) is 12.2 Å². The summed E-state index contributed by atoms with van der Waals surface area (Å²) >= 11 is 0. The number of rotatable bonds is 2. The Morgan fingerprint density at radius 1 is 1.14 bits per heavy atom. The van der Waals surface area contributed by atoms with Gasteiger partial charge in [0, 0.05) is 31.8 Å². The molecule has 1 saturated heterocycles. The highest BCUT2D eigenvalue weighted by Crippen LogP contribution is 2.34. The number of nitrogens with zero attached hydrogens (tertiary/aromatic N) is 1. The van der Waals surface area contributed by atoms with Gasteiger partial charge in [-0.25, -0.2) is 4.58 Å². The monoisotopic (exact) mass is 309 g/mol. The number of halogens is 4. The van der Waals surface area contributed by atoms with Crippen molar-refractivity contribution in [2.24, 2.45) is 5.41 Å². The highest BCUT2D eigenvalue weighted by molar-refractivity contribution is 6.50. The van der Waals surface area contributed by atoms with E-state index in [0.717, 1.165) is 13.0 Å². The van der Waals surface area contributed by atoms with Crippen LogP contribution in [0.1, 0.15) is 46.5 Å². The van der Waals surface area contributed by atoms with Gasteiger partial charge in [0.25, 0.3) is 0 Å². The Balaban J connectivity index is 0.000000383. The maximum absolute atomic E-state index is 9.75. The van der Waals surface area contributed by atoms with Crippen LogP contribution >= 0.6 is 0 Å². The molecule has 0 radical (unpaired) electrons. The van der Waals surface area contributed by atoms with E-state index in [1.165, 1.54) is 43.8 Å². The van der Waals surface area contributed by atoms with Gasteiger partial charge >= 0.3 is 7.25 Å². The first-order chi connectivity index (χ1) is 9.61. The van der Waals surface area contributed by atoms with Crippen LogP contribution in [0.25, 0.3) is 0 Å². The van der Waals surface area contributed by atoms with Crippen molar-refractivity contribution in [3.8, 4) is 0 Å². The lowest BCUT2D eigenvalue weighted by Gasteiger charge is -2.28. The lowest BCUT2D eigenvalue weighted by atomic mass is 9.79. The van der Waals surface area contributed by atoms with Crippen molar-refractivity contribution in [3.05, 3.63) is 11.8 Å². The molecular formula is C14H24BF4NO. The third-order valence-corrected chi connectivity index (χ3v) is 3.48. The molecule has 1 fully saturated rings. The second kappa shape index (κ2) is 7.32. The van der Waals surface area contributed by atoms with Crippen molar-refractivity contribution in [3.63, 3.8) is 0 Å². The Morgan fingerprint density at radius 2 is 1.67 bits per heavy atom. The van der Waals surface area contributed by atoms with Crippen LogP contribution in [-0.4, -0.2) is 37.2 Å². The zero-order chi connectivity index (χ0) is 16.1. The van der Waals surface area contributed by atoms with Gasteiger partial charge in [-0.3, -0.25) is 0 Å². The fourth-order valence-corrected chi connectivity index (χ4v) is 2.80. The fourth-order valence-electron chi connectivity index (χ4n) is 2.80. The van der Waals surface area contributed by atoms with Crippen LogP contribution in [0.2, 0.25) is 0 Å². The van der Waals surface area contributed by atoms with Crippen molar-refractivity contribution < 1.29 is 26.6 Å². The van der Waals surface area contributed by atoms with Crippen molar-refractivity contribution in [1.82, 2.24) is 0 Å². The molecule has 0 aromatic carbocycles. The summed E-state index contributed by atoms with van der Waals surface area (Å²) in [6, 6.07) is 0. The van der Waals surface area contributed by atoms with Crippen molar-refractivity contribution in [2.45, 2.75) is 46.5 Å². The molecule has 0 aromatic rings. The highest BCUT2D eigenvalue weighted by atomic mass is 19.5. The van der Waals surface area contributed by atoms with Crippen molar-refractivity contribution >= 4 is 13.0 Å². The quantitative estimate of drug-likeness (QED) is 0.421. The minimum Gasteiger partial charge on any atom is -0.498 e. The molecule has 0 aromatic heterocycles. The number of hydrogen-bond acceptors (Lipinski definition) is 1. The third kappa shape index (κ3) is 7.53. The van der Waals surface area contributed by atoms with Gasteiger partial charge in [0.2, 0.25) is 0 Å². The maximum Gasteiger partial charge on any atom is 0.673 e. The van der Waals surface area contributed by atoms with Crippen LogP contribution in [0.5, 0.6) is 0 Å². The summed E-state index contributed by atoms with van der Waals surface area (Å²) < 4.78 is 47.3. The molecule has 0 N–H and O–H groups in total. The molecule has 0 spiro atoms. The lowest BCUT2D eigenvalue weighted by molar-refractivity contribution is -0.507. The van der Waals surface area contributed by atoms with E-state index in [4.69, 9.17) is 4.74 Å². The molecule has 21 heavy (non-hydrogen) atoms. The summed E-state index contributed by atoms with van der Waals surface area (Å²) in [5, 5.41) is 0. The second-order valence-corrected chi connectivity index (χ2v) is 6.24. The van der Waals surface area contributed by atoms with Gasteiger partial charge in [-0.1, -0.05) is 13.8 Å². The van der Waals surface area contributed by atoms with E-state index >= 15 is 0 Å². The van der Waals surface area contributed by atoms with E-state index in [-0.39, 0.29) is 0 Å². The van der Waals surface area contributed by atoms with Gasteiger partial charge in [0.05, 0.1) is 6.61 Å². The summed E-state index contributed by atoms with van der Waals surface area (Å²) in [5.41, 5.74) is 1.86. The molecule has 2 nitrogen and oxygen atoms in total. The van der Waals surface area contributed by atoms with Crippen LogP contribution in [0.3, 0.4) is 0 Å². The Labute approximate surface area is 124 Å². The molecule has 2 aliphatic rings. The molecule has 2 rings (SSSR count). The normalized spacial score (nSPS) is 21.6. The molecule has 7 heteroatoms. The standard InChI is InChI=1S/C14H24NO.BF4/c1-4-16-13-9-12(10-14(2,3)11-13)15-7-5-6-8-15;2-1(3,4)5/h9H,4-8,10-11H2,1-3H3;/q+1;-1. The molecule has 0 amide bonds. The zero-order valence-corrected chi connectivity index (χ0v) is 13.0. The minimum atomic E-state index is -6.00. The Hall–Kier alpha value is -1.01. The SMILES string of the molecule is CCOC1=CC(=[N+]2CCCC2)CC(C)(C)C1.F[B-](F)(F)F. The molecule has 1 heterocycles. The Kier molecular flexibility index (Phi) is 6.29. The predicted molar refractivity (Wildman–Crippen MR) is 77.1 cm³/mol. The number of allylic oxidation sites excluding steroid dienone is 2. The molecular weight excluding hydrogens is 285 g/mol. The van der Waals surface area contributed by atoms with Gasteiger partial charge in [-0.2, -0.15) is 0 Å². The maximum atomic E-state index is 9.75. The van der Waals surface area contributed by atoms with Crippen LogP contribution in [0.4, 0.5) is 17.3 Å². The fraction of sp³-hybridized carbons (Fsp3) is 0.786. The van der Waals surface area contributed by atoms with Gasteiger partial charge in [0.15, 0.2) is 5.71 Å². The van der Waals surface area contributed by atoms with E-state index < -0.39 is 7.25 Å². The first-order valence-electron chi connectivity index (χ1n) is 7.42. The second-order valence-electron chi connectivity index (χ2n) is 6.24. The van der Waals surface area contributed by atoms with Gasteiger partial charge in [0.1, 0.15) is 18.8 Å². The van der Waals surface area contributed by atoms with Gasteiger partial charge < -0.3 is 22.0 Å². The molecule has 1 aliphatic carbocycles. The predicted octanol–water partition coefficient (Wildman–Crippen LogP) is 4.27. The molecule has 122 valence electrons. The molecule has 0 saturated carbocycles. The average molecular weight is 309 g/mol. The van der Waals surface area contributed by atoms with Gasteiger partial charge in [-0.15, -0.1) is 0 Å². The summed E-state index contributed by atoms with van der Waals surface area (Å²) in [6.07, 6.45) is 7.27.